The van der Waals surface area contributed by atoms with Crippen molar-refractivity contribution in [3.05, 3.63) is 72.0 Å². The standard InChI is InChI=1S/C17H15N3O/c1-2-8-19-13-20-16-6-4-5-15(16)12-18-9-7-14-11-17(14)21-10-3-1/h1-10,12-13,15H,11H2/b2-1-,9-7+,10-3+,18-12?,19-8?,20-13?. The first-order valence-electron chi connectivity index (χ1n) is 6.78. The van der Waals surface area contributed by atoms with E-state index in [-0.39, 0.29) is 5.92 Å². The van der Waals surface area contributed by atoms with Gasteiger partial charge in [0.05, 0.1) is 17.9 Å². The van der Waals surface area contributed by atoms with Gasteiger partial charge in [0, 0.05) is 25.0 Å². The van der Waals surface area contributed by atoms with Crippen LogP contribution < -0.4 is 0 Å². The van der Waals surface area contributed by atoms with Gasteiger partial charge in [-0.2, -0.15) is 0 Å². The number of aliphatic imine (C=N–C) groups is 3. The molecule has 1 heterocycles. The van der Waals surface area contributed by atoms with Crippen LogP contribution in [0.25, 0.3) is 0 Å². The van der Waals surface area contributed by atoms with E-state index in [1.807, 2.05) is 42.7 Å². The molecule has 0 bridgehead atoms. The summed E-state index contributed by atoms with van der Waals surface area (Å²) >= 11 is 0. The monoisotopic (exact) mass is 277 g/mol. The van der Waals surface area contributed by atoms with E-state index in [9.17, 15) is 0 Å². The maximum Gasteiger partial charge on any atom is 0.115 e. The Kier molecular flexibility index (Phi) is 4.17. The minimum Gasteiger partial charge on any atom is -0.469 e. The summed E-state index contributed by atoms with van der Waals surface area (Å²) in [6.45, 7) is 0. The number of nitrogens with zero attached hydrogens (tertiary/aromatic N) is 3. The van der Waals surface area contributed by atoms with Crippen molar-refractivity contribution in [2.45, 2.75) is 6.42 Å². The van der Waals surface area contributed by atoms with Crippen LogP contribution in [0.15, 0.2) is 87.0 Å². The molecule has 21 heavy (non-hydrogen) atoms. The largest absolute Gasteiger partial charge is 0.469 e. The highest BCUT2D eigenvalue weighted by atomic mass is 16.5. The Bertz CT molecular complexity index is 670. The quantitative estimate of drug-likeness (QED) is 0.668. The summed E-state index contributed by atoms with van der Waals surface area (Å²) in [6.07, 6.45) is 22.9. The summed E-state index contributed by atoms with van der Waals surface area (Å²) in [6, 6.07) is 0. The maximum absolute atomic E-state index is 5.46. The van der Waals surface area contributed by atoms with Crippen molar-refractivity contribution in [1.82, 2.24) is 0 Å². The van der Waals surface area contributed by atoms with Crippen LogP contribution in [0.1, 0.15) is 6.42 Å². The molecule has 2 aliphatic carbocycles. The molecule has 0 aromatic heterocycles. The van der Waals surface area contributed by atoms with Gasteiger partial charge in [0.25, 0.3) is 0 Å². The first-order chi connectivity index (χ1) is 10.4. The maximum atomic E-state index is 5.46. The van der Waals surface area contributed by atoms with Gasteiger partial charge in [-0.15, -0.1) is 0 Å². The average Bonchev–Trinajstić information content (AvgIpc) is 3.08. The van der Waals surface area contributed by atoms with Gasteiger partial charge in [0.15, 0.2) is 0 Å². The van der Waals surface area contributed by atoms with Gasteiger partial charge in [-0.3, -0.25) is 4.99 Å². The SMILES string of the molecule is C1=CC2C=N/C=C/C3=C(C3)O/C=C/C=C\C=NC=NC2=C1. The molecular weight excluding hydrogens is 262 g/mol. The van der Waals surface area contributed by atoms with Crippen LogP contribution in [-0.2, 0) is 4.74 Å². The minimum absolute atomic E-state index is 0.109. The van der Waals surface area contributed by atoms with Crippen molar-refractivity contribution in [2.75, 3.05) is 0 Å². The van der Waals surface area contributed by atoms with E-state index < -0.39 is 0 Å². The van der Waals surface area contributed by atoms with Gasteiger partial charge in [-0.1, -0.05) is 18.2 Å². The molecule has 0 aromatic carbocycles. The zero-order chi connectivity index (χ0) is 14.3. The van der Waals surface area contributed by atoms with Crippen LogP contribution in [0.4, 0.5) is 0 Å². The molecule has 0 N–H and O–H groups in total. The Balaban J connectivity index is 1.76. The zero-order valence-electron chi connectivity index (χ0n) is 11.5. The molecule has 3 aliphatic rings. The highest BCUT2D eigenvalue weighted by Crippen LogP contribution is 2.33. The van der Waals surface area contributed by atoms with Crippen molar-refractivity contribution >= 4 is 18.8 Å². The molecule has 1 atom stereocenters. The van der Waals surface area contributed by atoms with Crippen molar-refractivity contribution in [1.29, 1.82) is 0 Å². The number of fused-ring (bicyclic) bond motifs is 1. The summed E-state index contributed by atoms with van der Waals surface area (Å²) in [4.78, 5) is 12.7. The molecule has 0 saturated carbocycles. The van der Waals surface area contributed by atoms with Gasteiger partial charge < -0.3 is 4.74 Å². The van der Waals surface area contributed by atoms with Crippen LogP contribution in [-0.4, -0.2) is 18.8 Å². The third kappa shape index (κ3) is 3.86. The summed E-state index contributed by atoms with van der Waals surface area (Å²) < 4.78 is 5.46. The van der Waals surface area contributed by atoms with Crippen LogP contribution in [0.3, 0.4) is 0 Å². The lowest BCUT2D eigenvalue weighted by atomic mass is 10.1. The fraction of sp³-hybridized carbons (Fsp3) is 0.118. The molecule has 1 unspecified atom stereocenters. The summed E-state index contributed by atoms with van der Waals surface area (Å²) in [7, 11) is 0. The van der Waals surface area contributed by atoms with Gasteiger partial charge in [-0.05, 0) is 29.9 Å². The van der Waals surface area contributed by atoms with E-state index in [1.165, 1.54) is 5.57 Å². The second kappa shape index (κ2) is 6.61. The molecule has 0 radical (unpaired) electrons. The summed E-state index contributed by atoms with van der Waals surface area (Å²) in [5, 5.41) is 0. The molecule has 0 aromatic rings. The van der Waals surface area contributed by atoms with E-state index in [4.69, 9.17) is 4.74 Å². The highest BCUT2D eigenvalue weighted by Gasteiger charge is 2.19. The second-order valence-corrected chi connectivity index (χ2v) is 4.62. The third-order valence-electron chi connectivity index (χ3n) is 3.08. The predicted octanol–water partition coefficient (Wildman–Crippen LogP) is 3.50. The fourth-order valence-electron chi connectivity index (χ4n) is 1.88. The van der Waals surface area contributed by atoms with Gasteiger partial charge >= 0.3 is 0 Å². The van der Waals surface area contributed by atoms with Crippen LogP contribution in [0.5, 0.6) is 0 Å². The zero-order valence-corrected chi connectivity index (χ0v) is 11.5. The van der Waals surface area contributed by atoms with Gasteiger partial charge in [0.1, 0.15) is 12.1 Å². The molecule has 104 valence electrons. The molecular formula is C17H15N3O. The van der Waals surface area contributed by atoms with Crippen LogP contribution in [0, 0.1) is 5.92 Å². The second-order valence-electron chi connectivity index (χ2n) is 4.62. The Morgan fingerprint density at radius 2 is 2.10 bits per heavy atom. The van der Waals surface area contributed by atoms with Crippen molar-refractivity contribution in [2.24, 2.45) is 20.9 Å². The summed E-state index contributed by atoms with van der Waals surface area (Å²) in [5.74, 6) is 1.10. The highest BCUT2D eigenvalue weighted by molar-refractivity contribution is 5.81. The fourth-order valence-corrected chi connectivity index (χ4v) is 1.88. The molecule has 0 spiro atoms. The molecule has 0 saturated heterocycles. The average molecular weight is 277 g/mol. The molecule has 4 heteroatoms. The van der Waals surface area contributed by atoms with Gasteiger partial charge in [-0.25, -0.2) is 9.98 Å². The first kappa shape index (κ1) is 13.2. The van der Waals surface area contributed by atoms with Crippen molar-refractivity contribution < 1.29 is 4.74 Å². The lowest BCUT2D eigenvalue weighted by Crippen LogP contribution is -1.97. The Labute approximate surface area is 123 Å². The van der Waals surface area contributed by atoms with E-state index in [0.29, 0.717) is 0 Å². The Hall–Kier alpha value is -2.75. The van der Waals surface area contributed by atoms with Crippen molar-refractivity contribution in [3.8, 4) is 0 Å². The topological polar surface area (TPSA) is 46.3 Å². The summed E-state index contributed by atoms with van der Waals surface area (Å²) in [5.41, 5.74) is 2.12. The van der Waals surface area contributed by atoms with Crippen LogP contribution >= 0.6 is 0 Å². The van der Waals surface area contributed by atoms with E-state index in [1.54, 1.807) is 25.0 Å². The normalized spacial score (nSPS) is 28.2. The number of hydrogen-bond donors (Lipinski definition) is 0. The number of ether oxygens (including phenoxy) is 1. The Morgan fingerprint density at radius 3 is 3.10 bits per heavy atom. The van der Waals surface area contributed by atoms with E-state index in [0.717, 1.165) is 17.9 Å². The number of allylic oxidation sites excluding steroid dienone is 9. The van der Waals surface area contributed by atoms with E-state index >= 15 is 0 Å². The molecule has 4 nitrogen and oxygen atoms in total. The predicted molar refractivity (Wildman–Crippen MR) is 86.3 cm³/mol. The van der Waals surface area contributed by atoms with Crippen molar-refractivity contribution in [3.63, 3.8) is 0 Å². The lowest BCUT2D eigenvalue weighted by molar-refractivity contribution is 0.371. The van der Waals surface area contributed by atoms with Gasteiger partial charge in [0.2, 0.25) is 0 Å². The molecule has 1 aliphatic heterocycles. The minimum atomic E-state index is 0.109. The van der Waals surface area contributed by atoms with Crippen LogP contribution in [0.2, 0.25) is 0 Å². The number of rotatable bonds is 0. The first-order valence-corrected chi connectivity index (χ1v) is 6.78. The number of hydrogen-bond acceptors (Lipinski definition) is 4. The molecule has 0 fully saturated rings. The van der Waals surface area contributed by atoms with E-state index in [2.05, 4.69) is 21.1 Å². The lowest BCUT2D eigenvalue weighted by Gasteiger charge is -2.01. The third-order valence-corrected chi connectivity index (χ3v) is 3.08. The molecule has 3 rings (SSSR count). The molecule has 0 amide bonds. The Morgan fingerprint density at radius 1 is 1.10 bits per heavy atom. The smallest absolute Gasteiger partial charge is 0.115 e.